The summed E-state index contributed by atoms with van der Waals surface area (Å²) in [6.07, 6.45) is -4.07. The first-order valence-electron chi connectivity index (χ1n) is 6.02. The van der Waals surface area contributed by atoms with E-state index in [0.29, 0.717) is 17.9 Å². The number of alkyl halides is 3. The molecule has 0 spiro atoms. The van der Waals surface area contributed by atoms with Gasteiger partial charge in [-0.2, -0.15) is 18.2 Å². The number of nitrogen functional groups attached to an aromatic ring is 1. The van der Waals surface area contributed by atoms with Crippen molar-refractivity contribution in [2.75, 3.05) is 23.4 Å². The normalized spacial score (nSPS) is 19.8. The Bertz CT molecular complexity index is 626. The molecule has 0 amide bonds. The number of rotatable bonds is 2. The van der Waals surface area contributed by atoms with Crippen LogP contribution >= 0.6 is 11.3 Å². The van der Waals surface area contributed by atoms with Crippen LogP contribution in [-0.2, 0) is 0 Å². The molecular weight excluding hydrogens is 291 g/mol. The summed E-state index contributed by atoms with van der Waals surface area (Å²) in [5.41, 5.74) is 3.03. The van der Waals surface area contributed by atoms with Gasteiger partial charge in [-0.05, 0) is 17.9 Å². The highest BCUT2D eigenvalue weighted by Crippen LogP contribution is 2.38. The van der Waals surface area contributed by atoms with Gasteiger partial charge in [0, 0.05) is 13.1 Å². The van der Waals surface area contributed by atoms with Crippen LogP contribution in [-0.4, -0.2) is 29.2 Å². The molecule has 2 aromatic rings. The van der Waals surface area contributed by atoms with Crippen molar-refractivity contribution in [1.82, 2.24) is 9.97 Å². The molecule has 3 N–H and O–H groups in total. The molecule has 9 heteroatoms. The van der Waals surface area contributed by atoms with E-state index in [1.165, 1.54) is 11.3 Å². The van der Waals surface area contributed by atoms with Crippen molar-refractivity contribution in [3.63, 3.8) is 0 Å². The van der Waals surface area contributed by atoms with Gasteiger partial charge in [-0.1, -0.05) is 0 Å². The van der Waals surface area contributed by atoms with Gasteiger partial charge in [0.15, 0.2) is 5.82 Å². The van der Waals surface area contributed by atoms with Crippen molar-refractivity contribution in [3.05, 3.63) is 11.4 Å². The minimum absolute atomic E-state index is 0.0719. The molecule has 3 heterocycles. The number of anilines is 2. The van der Waals surface area contributed by atoms with Gasteiger partial charge in [-0.15, -0.1) is 11.3 Å². The van der Waals surface area contributed by atoms with E-state index in [2.05, 4.69) is 15.4 Å². The topological polar surface area (TPSA) is 67.1 Å². The molecule has 3 rings (SSSR count). The van der Waals surface area contributed by atoms with Crippen LogP contribution < -0.4 is 16.2 Å². The lowest BCUT2D eigenvalue weighted by molar-refractivity contribution is -0.168. The maximum absolute atomic E-state index is 12.8. The van der Waals surface area contributed by atoms with E-state index in [0.717, 1.165) is 4.70 Å². The number of thiophene rings is 1. The predicted molar refractivity (Wildman–Crippen MR) is 71.6 cm³/mol. The van der Waals surface area contributed by atoms with Crippen molar-refractivity contribution in [3.8, 4) is 0 Å². The van der Waals surface area contributed by atoms with E-state index in [1.807, 2.05) is 5.38 Å². The van der Waals surface area contributed by atoms with E-state index < -0.39 is 12.1 Å². The minimum atomic E-state index is -4.16. The Balaban J connectivity index is 1.96. The highest BCUT2D eigenvalue weighted by Gasteiger charge is 2.44. The zero-order valence-electron chi connectivity index (χ0n) is 10.3. The van der Waals surface area contributed by atoms with Crippen LogP contribution in [0.1, 0.15) is 6.42 Å². The number of nitrogens with zero attached hydrogens (tertiary/aromatic N) is 3. The lowest BCUT2D eigenvalue weighted by Gasteiger charge is -2.19. The van der Waals surface area contributed by atoms with E-state index in [1.54, 1.807) is 11.0 Å². The molecule has 1 atom stereocenters. The fraction of sp³-hybridized carbons (Fsp3) is 0.455. The number of hydrogen-bond donors (Lipinski definition) is 2. The van der Waals surface area contributed by atoms with E-state index in [4.69, 9.17) is 5.84 Å². The summed E-state index contributed by atoms with van der Waals surface area (Å²) in [6, 6.07) is 1.79. The molecular formula is C11H12F3N5S. The van der Waals surface area contributed by atoms with Gasteiger partial charge in [0.05, 0.1) is 16.1 Å². The molecule has 0 aromatic carbocycles. The molecule has 1 fully saturated rings. The van der Waals surface area contributed by atoms with Crippen LogP contribution in [0.2, 0.25) is 0 Å². The van der Waals surface area contributed by atoms with Crippen molar-refractivity contribution < 1.29 is 13.2 Å². The molecule has 108 valence electrons. The number of fused-ring (bicyclic) bond motifs is 1. The molecule has 1 aliphatic rings. The Kier molecular flexibility index (Phi) is 3.17. The lowest BCUT2D eigenvalue weighted by atomic mass is 10.1. The molecule has 1 unspecified atom stereocenters. The van der Waals surface area contributed by atoms with Gasteiger partial charge in [0.1, 0.15) is 0 Å². The summed E-state index contributed by atoms with van der Waals surface area (Å²) in [6.45, 7) is 0.260. The van der Waals surface area contributed by atoms with Gasteiger partial charge in [0.2, 0.25) is 5.95 Å². The largest absolute Gasteiger partial charge is 0.393 e. The van der Waals surface area contributed by atoms with Gasteiger partial charge in [-0.3, -0.25) is 5.43 Å². The predicted octanol–water partition coefficient (Wildman–Crippen LogP) is 2.37. The second-order valence-corrected chi connectivity index (χ2v) is 5.54. The smallest absolute Gasteiger partial charge is 0.355 e. The average Bonchev–Trinajstić information content (AvgIpc) is 3.05. The third-order valence-corrected chi connectivity index (χ3v) is 4.27. The molecule has 0 saturated carbocycles. The van der Waals surface area contributed by atoms with E-state index in [9.17, 15) is 13.2 Å². The summed E-state index contributed by atoms with van der Waals surface area (Å²) in [7, 11) is 0. The standard InChI is InChI=1S/C11H12F3N5S/c12-11(13,14)6-1-3-19(5-6)9-8-7(2-4-20-8)16-10(17-9)18-15/h2,4,6H,1,3,5,15H2,(H,16,17,18). The summed E-state index contributed by atoms with van der Waals surface area (Å²) < 4.78 is 39.1. The van der Waals surface area contributed by atoms with E-state index >= 15 is 0 Å². The Labute approximate surface area is 116 Å². The number of nitrogens with one attached hydrogen (secondary N) is 1. The third kappa shape index (κ3) is 2.27. The first kappa shape index (κ1) is 13.4. The van der Waals surface area contributed by atoms with Crippen LogP contribution in [0, 0.1) is 5.92 Å². The molecule has 0 bridgehead atoms. The Morgan fingerprint density at radius 1 is 1.40 bits per heavy atom. The highest BCUT2D eigenvalue weighted by atomic mass is 32.1. The number of hydrazine groups is 1. The number of hydrogen-bond acceptors (Lipinski definition) is 6. The lowest BCUT2D eigenvalue weighted by Crippen LogP contribution is -2.28. The number of aromatic nitrogens is 2. The molecule has 20 heavy (non-hydrogen) atoms. The zero-order valence-corrected chi connectivity index (χ0v) is 11.1. The van der Waals surface area contributed by atoms with Crippen molar-refractivity contribution >= 4 is 33.3 Å². The summed E-state index contributed by atoms with van der Waals surface area (Å²) in [5, 5.41) is 1.83. The molecule has 1 aliphatic heterocycles. The first-order chi connectivity index (χ1) is 9.49. The fourth-order valence-corrected chi connectivity index (χ4v) is 3.19. The highest BCUT2D eigenvalue weighted by molar-refractivity contribution is 7.17. The Hall–Kier alpha value is -1.61. The van der Waals surface area contributed by atoms with Crippen LogP contribution in [0.3, 0.4) is 0 Å². The summed E-state index contributed by atoms with van der Waals surface area (Å²) in [4.78, 5) is 10.0. The molecule has 0 aliphatic carbocycles. The van der Waals surface area contributed by atoms with Crippen molar-refractivity contribution in [2.45, 2.75) is 12.6 Å². The van der Waals surface area contributed by atoms with Gasteiger partial charge in [-0.25, -0.2) is 10.8 Å². The van der Waals surface area contributed by atoms with Crippen LogP contribution in [0.25, 0.3) is 10.2 Å². The third-order valence-electron chi connectivity index (χ3n) is 3.37. The van der Waals surface area contributed by atoms with Gasteiger partial charge in [0.25, 0.3) is 0 Å². The minimum Gasteiger partial charge on any atom is -0.355 e. The Morgan fingerprint density at radius 2 is 2.20 bits per heavy atom. The van der Waals surface area contributed by atoms with Crippen LogP contribution in [0.15, 0.2) is 11.4 Å². The second kappa shape index (κ2) is 4.74. The average molecular weight is 303 g/mol. The summed E-state index contributed by atoms with van der Waals surface area (Å²) in [5.74, 6) is 4.73. The number of nitrogens with two attached hydrogens (primary N) is 1. The maximum atomic E-state index is 12.8. The molecule has 1 saturated heterocycles. The maximum Gasteiger partial charge on any atom is 0.393 e. The molecule has 2 aromatic heterocycles. The summed E-state index contributed by atoms with van der Waals surface area (Å²) >= 11 is 1.41. The van der Waals surface area contributed by atoms with Crippen LogP contribution in [0.4, 0.5) is 24.9 Å². The second-order valence-electron chi connectivity index (χ2n) is 4.62. The SMILES string of the molecule is NNc1nc(N2CCC(C(F)(F)F)C2)c2sccc2n1. The molecule has 0 radical (unpaired) electrons. The quantitative estimate of drug-likeness (QED) is 0.658. The van der Waals surface area contributed by atoms with Crippen LogP contribution in [0.5, 0.6) is 0 Å². The van der Waals surface area contributed by atoms with Crippen molar-refractivity contribution in [2.24, 2.45) is 11.8 Å². The van der Waals surface area contributed by atoms with E-state index in [-0.39, 0.29) is 18.9 Å². The van der Waals surface area contributed by atoms with Gasteiger partial charge < -0.3 is 4.90 Å². The monoisotopic (exact) mass is 303 g/mol. The molecule has 5 nitrogen and oxygen atoms in total. The first-order valence-corrected chi connectivity index (χ1v) is 6.90. The zero-order chi connectivity index (χ0) is 14.3. The number of halogens is 3. The van der Waals surface area contributed by atoms with Crippen molar-refractivity contribution in [1.29, 1.82) is 0 Å². The Morgan fingerprint density at radius 3 is 2.85 bits per heavy atom. The van der Waals surface area contributed by atoms with Gasteiger partial charge >= 0.3 is 6.18 Å². The fourth-order valence-electron chi connectivity index (χ4n) is 2.35.